The van der Waals surface area contributed by atoms with E-state index in [4.69, 9.17) is 0 Å². The molecular formula is C6H8BrN3. The molecule has 0 amide bonds. The molecule has 1 aliphatic heterocycles. The van der Waals surface area contributed by atoms with E-state index >= 15 is 0 Å². The Hall–Kier alpha value is -0.510. The molecule has 10 heavy (non-hydrogen) atoms. The van der Waals surface area contributed by atoms with Crippen molar-refractivity contribution in [1.29, 1.82) is 0 Å². The first kappa shape index (κ1) is 6.22. The summed E-state index contributed by atoms with van der Waals surface area (Å²) >= 11 is 3.41. The Morgan fingerprint density at radius 2 is 2.60 bits per heavy atom. The van der Waals surface area contributed by atoms with Gasteiger partial charge in [-0.2, -0.15) is 0 Å². The van der Waals surface area contributed by atoms with Crippen LogP contribution in [0.15, 0.2) is 10.8 Å². The van der Waals surface area contributed by atoms with Crippen molar-refractivity contribution in [2.75, 3.05) is 11.9 Å². The number of nitrogens with one attached hydrogen (secondary N) is 1. The van der Waals surface area contributed by atoms with Crippen molar-refractivity contribution >= 4 is 21.9 Å². The third-order valence-corrected chi connectivity index (χ3v) is 2.28. The lowest BCUT2D eigenvalue weighted by atomic mass is 10.4. The minimum atomic E-state index is 0.984. The van der Waals surface area contributed by atoms with Crippen LogP contribution in [0.1, 0.15) is 6.42 Å². The number of imidazole rings is 1. The van der Waals surface area contributed by atoms with E-state index in [1.54, 1.807) is 0 Å². The molecule has 0 spiro atoms. The topological polar surface area (TPSA) is 29.9 Å². The Balaban J connectivity index is 2.45. The summed E-state index contributed by atoms with van der Waals surface area (Å²) < 4.78 is 3.19. The van der Waals surface area contributed by atoms with E-state index in [-0.39, 0.29) is 0 Å². The Kier molecular flexibility index (Phi) is 1.41. The fraction of sp³-hybridized carbons (Fsp3) is 0.500. The van der Waals surface area contributed by atoms with E-state index < -0.39 is 0 Å². The average Bonchev–Trinajstić information content (AvgIpc) is 2.34. The minimum Gasteiger partial charge on any atom is -0.356 e. The second-order valence-electron chi connectivity index (χ2n) is 2.34. The quantitative estimate of drug-likeness (QED) is 0.690. The molecule has 1 N–H and O–H groups in total. The zero-order chi connectivity index (χ0) is 6.97. The standard InChI is InChI=1S/C6H8BrN3/c7-5-4-9-6-8-2-1-3-10(5)6/h4H,1-3H2,(H,8,9). The largest absolute Gasteiger partial charge is 0.356 e. The minimum absolute atomic E-state index is 0.984. The summed E-state index contributed by atoms with van der Waals surface area (Å²) in [5.74, 6) is 0.984. The van der Waals surface area contributed by atoms with Crippen molar-refractivity contribution < 1.29 is 0 Å². The van der Waals surface area contributed by atoms with Crippen molar-refractivity contribution in [1.82, 2.24) is 9.55 Å². The maximum atomic E-state index is 4.16. The number of fused-ring (bicyclic) bond motifs is 1. The number of rotatable bonds is 0. The molecule has 54 valence electrons. The normalized spacial score (nSPS) is 16.1. The molecule has 1 aromatic heterocycles. The molecule has 0 saturated carbocycles. The summed E-state index contributed by atoms with van der Waals surface area (Å²) in [7, 11) is 0. The predicted octanol–water partition coefficient (Wildman–Crippen LogP) is 1.46. The molecule has 2 heterocycles. The van der Waals surface area contributed by atoms with Gasteiger partial charge in [-0.3, -0.25) is 0 Å². The summed E-state index contributed by atoms with van der Waals surface area (Å²) in [6.07, 6.45) is 3.01. The van der Waals surface area contributed by atoms with Crippen LogP contribution in [-0.2, 0) is 6.54 Å². The van der Waals surface area contributed by atoms with Gasteiger partial charge in [0.2, 0.25) is 5.95 Å². The molecule has 1 aromatic rings. The first-order valence-electron chi connectivity index (χ1n) is 3.33. The van der Waals surface area contributed by atoms with E-state index in [9.17, 15) is 0 Å². The van der Waals surface area contributed by atoms with Gasteiger partial charge in [-0.15, -0.1) is 0 Å². The van der Waals surface area contributed by atoms with Crippen LogP contribution in [0.5, 0.6) is 0 Å². The number of anilines is 1. The zero-order valence-corrected chi connectivity index (χ0v) is 7.06. The molecule has 0 atom stereocenters. The van der Waals surface area contributed by atoms with Crippen LogP contribution in [0, 0.1) is 0 Å². The highest BCUT2D eigenvalue weighted by molar-refractivity contribution is 9.10. The fourth-order valence-corrected chi connectivity index (χ4v) is 1.59. The molecular weight excluding hydrogens is 194 g/mol. The zero-order valence-electron chi connectivity index (χ0n) is 5.47. The van der Waals surface area contributed by atoms with Gasteiger partial charge >= 0.3 is 0 Å². The van der Waals surface area contributed by atoms with Crippen LogP contribution < -0.4 is 5.32 Å². The van der Waals surface area contributed by atoms with Gasteiger partial charge in [-0.1, -0.05) is 0 Å². The molecule has 1 aliphatic rings. The summed E-state index contributed by atoms with van der Waals surface area (Å²) in [5, 5.41) is 3.21. The van der Waals surface area contributed by atoms with Crippen molar-refractivity contribution in [3.05, 3.63) is 10.8 Å². The molecule has 3 nitrogen and oxygen atoms in total. The number of hydrogen-bond acceptors (Lipinski definition) is 2. The monoisotopic (exact) mass is 201 g/mol. The fourth-order valence-electron chi connectivity index (χ4n) is 1.15. The smallest absolute Gasteiger partial charge is 0.203 e. The van der Waals surface area contributed by atoms with Crippen LogP contribution in [0.2, 0.25) is 0 Å². The van der Waals surface area contributed by atoms with Gasteiger partial charge < -0.3 is 9.88 Å². The Morgan fingerprint density at radius 3 is 3.40 bits per heavy atom. The molecule has 0 bridgehead atoms. The summed E-state index contributed by atoms with van der Waals surface area (Å²) in [5.41, 5.74) is 0. The lowest BCUT2D eigenvalue weighted by molar-refractivity contribution is 0.618. The second-order valence-corrected chi connectivity index (χ2v) is 3.15. The first-order valence-corrected chi connectivity index (χ1v) is 4.12. The molecule has 0 aromatic carbocycles. The highest BCUT2D eigenvalue weighted by Gasteiger charge is 2.10. The lowest BCUT2D eigenvalue weighted by Crippen LogP contribution is -2.17. The Bertz CT molecular complexity index is 243. The highest BCUT2D eigenvalue weighted by atomic mass is 79.9. The Labute approximate surface area is 67.6 Å². The van der Waals surface area contributed by atoms with Crippen LogP contribution in [-0.4, -0.2) is 16.1 Å². The van der Waals surface area contributed by atoms with E-state index in [0.717, 1.165) is 23.6 Å². The number of hydrogen-bond donors (Lipinski definition) is 1. The average molecular weight is 202 g/mol. The number of halogens is 1. The van der Waals surface area contributed by atoms with E-state index in [0.29, 0.717) is 0 Å². The molecule has 0 fully saturated rings. The molecule has 2 rings (SSSR count). The molecule has 0 saturated heterocycles. The molecule has 0 unspecified atom stereocenters. The third-order valence-electron chi connectivity index (χ3n) is 1.65. The summed E-state index contributed by atoms with van der Waals surface area (Å²) in [4.78, 5) is 4.16. The van der Waals surface area contributed by atoms with Crippen LogP contribution >= 0.6 is 15.9 Å². The van der Waals surface area contributed by atoms with Crippen LogP contribution in [0.4, 0.5) is 5.95 Å². The van der Waals surface area contributed by atoms with Gasteiger partial charge in [0.15, 0.2) is 0 Å². The van der Waals surface area contributed by atoms with Gasteiger partial charge in [0.05, 0.1) is 6.20 Å². The molecule has 4 heteroatoms. The molecule has 0 aliphatic carbocycles. The predicted molar refractivity (Wildman–Crippen MR) is 43.0 cm³/mol. The van der Waals surface area contributed by atoms with Crippen LogP contribution in [0.3, 0.4) is 0 Å². The lowest BCUT2D eigenvalue weighted by Gasteiger charge is -2.15. The summed E-state index contributed by atoms with van der Waals surface area (Å²) in [6, 6.07) is 0. The van der Waals surface area contributed by atoms with Crippen LogP contribution in [0.25, 0.3) is 0 Å². The van der Waals surface area contributed by atoms with Gasteiger partial charge in [0.25, 0.3) is 0 Å². The number of aromatic nitrogens is 2. The van der Waals surface area contributed by atoms with Crippen molar-refractivity contribution in [3.63, 3.8) is 0 Å². The van der Waals surface area contributed by atoms with E-state index in [1.165, 1.54) is 6.42 Å². The summed E-state index contributed by atoms with van der Waals surface area (Å²) in [6.45, 7) is 2.12. The van der Waals surface area contributed by atoms with Gasteiger partial charge in [0.1, 0.15) is 4.60 Å². The van der Waals surface area contributed by atoms with Crippen molar-refractivity contribution in [2.45, 2.75) is 13.0 Å². The number of nitrogens with zero attached hydrogens (tertiary/aromatic N) is 2. The van der Waals surface area contributed by atoms with Gasteiger partial charge in [-0.05, 0) is 22.4 Å². The maximum absolute atomic E-state index is 4.16. The van der Waals surface area contributed by atoms with Crippen molar-refractivity contribution in [2.24, 2.45) is 0 Å². The van der Waals surface area contributed by atoms with Gasteiger partial charge in [0, 0.05) is 13.1 Å². The van der Waals surface area contributed by atoms with E-state index in [1.807, 2.05) is 6.20 Å². The second kappa shape index (κ2) is 2.27. The third kappa shape index (κ3) is 0.831. The van der Waals surface area contributed by atoms with Crippen molar-refractivity contribution in [3.8, 4) is 0 Å². The first-order chi connectivity index (χ1) is 4.88. The Morgan fingerprint density at radius 1 is 1.70 bits per heavy atom. The van der Waals surface area contributed by atoms with E-state index in [2.05, 4.69) is 30.8 Å². The molecule has 0 radical (unpaired) electrons. The van der Waals surface area contributed by atoms with Gasteiger partial charge in [-0.25, -0.2) is 4.98 Å². The maximum Gasteiger partial charge on any atom is 0.203 e. The SMILES string of the molecule is Brc1cnc2n1CCCN2. The highest BCUT2D eigenvalue weighted by Crippen LogP contribution is 2.19.